The van der Waals surface area contributed by atoms with Crippen LogP contribution in [0.3, 0.4) is 0 Å². The SMILES string of the molecule is Cc1ncsc1C(=O)N1CCCC[C@H]1c1ncc(Cc2ccc(F)cc2)o1. The van der Waals surface area contributed by atoms with Crippen LogP contribution in [0.2, 0.25) is 0 Å². The van der Waals surface area contributed by atoms with Crippen molar-refractivity contribution in [1.82, 2.24) is 14.9 Å². The number of aromatic nitrogens is 2. The van der Waals surface area contributed by atoms with Gasteiger partial charge in [-0.25, -0.2) is 14.4 Å². The number of thiazole rings is 1. The first-order valence-electron chi connectivity index (χ1n) is 9.02. The molecule has 0 saturated carbocycles. The molecule has 0 spiro atoms. The van der Waals surface area contributed by atoms with Gasteiger partial charge in [0, 0.05) is 13.0 Å². The summed E-state index contributed by atoms with van der Waals surface area (Å²) in [5.74, 6) is 1.02. The Kier molecular flexibility index (Phi) is 5.03. The van der Waals surface area contributed by atoms with Crippen molar-refractivity contribution in [2.45, 2.75) is 38.6 Å². The summed E-state index contributed by atoms with van der Waals surface area (Å²) in [5.41, 5.74) is 3.42. The van der Waals surface area contributed by atoms with E-state index < -0.39 is 0 Å². The van der Waals surface area contributed by atoms with Gasteiger partial charge in [-0.2, -0.15) is 0 Å². The first-order valence-corrected chi connectivity index (χ1v) is 9.90. The van der Waals surface area contributed by atoms with Gasteiger partial charge in [-0.1, -0.05) is 12.1 Å². The Hall–Kier alpha value is -2.54. The third-order valence-electron chi connectivity index (χ3n) is 4.85. The van der Waals surface area contributed by atoms with Gasteiger partial charge in [0.15, 0.2) is 0 Å². The molecule has 3 aromatic rings. The van der Waals surface area contributed by atoms with Gasteiger partial charge in [-0.15, -0.1) is 11.3 Å². The second-order valence-electron chi connectivity index (χ2n) is 6.75. The van der Waals surface area contributed by atoms with E-state index >= 15 is 0 Å². The van der Waals surface area contributed by atoms with E-state index in [1.54, 1.807) is 23.8 Å². The molecule has 0 bridgehead atoms. The Balaban J connectivity index is 1.54. The van der Waals surface area contributed by atoms with Crippen LogP contribution in [0.1, 0.15) is 57.9 Å². The average Bonchev–Trinajstić information content (AvgIpc) is 3.32. The van der Waals surface area contributed by atoms with Crippen LogP contribution in [0.15, 0.2) is 40.4 Å². The van der Waals surface area contributed by atoms with Crippen molar-refractivity contribution in [3.05, 3.63) is 69.6 Å². The molecular weight excluding hydrogens is 365 g/mol. The quantitative estimate of drug-likeness (QED) is 0.662. The van der Waals surface area contributed by atoms with Gasteiger partial charge in [0.2, 0.25) is 5.89 Å². The minimum atomic E-state index is -0.258. The molecule has 1 aliphatic heterocycles. The van der Waals surface area contributed by atoms with Crippen LogP contribution in [-0.4, -0.2) is 27.3 Å². The predicted molar refractivity (Wildman–Crippen MR) is 100 cm³/mol. The summed E-state index contributed by atoms with van der Waals surface area (Å²) in [6.07, 6.45) is 5.09. The number of aryl methyl sites for hydroxylation is 1. The summed E-state index contributed by atoms with van der Waals surface area (Å²) in [6.45, 7) is 2.55. The van der Waals surface area contributed by atoms with Crippen LogP contribution in [0, 0.1) is 12.7 Å². The molecule has 7 heteroatoms. The fraction of sp³-hybridized carbons (Fsp3) is 0.350. The second-order valence-corrected chi connectivity index (χ2v) is 7.60. The maximum absolute atomic E-state index is 13.1. The molecule has 0 unspecified atom stereocenters. The molecular formula is C20H20FN3O2S. The van der Waals surface area contributed by atoms with Crippen LogP contribution in [0.5, 0.6) is 0 Å². The molecule has 1 atom stereocenters. The van der Waals surface area contributed by atoms with E-state index in [1.807, 2.05) is 11.8 Å². The van der Waals surface area contributed by atoms with Gasteiger partial charge in [0.05, 0.1) is 17.4 Å². The number of nitrogens with zero attached hydrogens (tertiary/aromatic N) is 3. The molecule has 27 heavy (non-hydrogen) atoms. The summed E-state index contributed by atoms with van der Waals surface area (Å²) in [7, 11) is 0. The molecule has 1 aliphatic rings. The number of rotatable bonds is 4. The number of hydrogen-bond donors (Lipinski definition) is 0. The normalized spacial score (nSPS) is 17.3. The summed E-state index contributed by atoms with van der Waals surface area (Å²) in [4.78, 5) is 24.2. The molecule has 2 aromatic heterocycles. The highest BCUT2D eigenvalue weighted by Gasteiger charge is 2.33. The number of hydrogen-bond acceptors (Lipinski definition) is 5. The van der Waals surface area contributed by atoms with Gasteiger partial charge in [-0.05, 0) is 43.9 Å². The summed E-state index contributed by atoms with van der Waals surface area (Å²) >= 11 is 1.37. The highest BCUT2D eigenvalue weighted by Crippen LogP contribution is 2.33. The fourth-order valence-corrected chi connectivity index (χ4v) is 4.19. The van der Waals surface area contributed by atoms with Crippen LogP contribution >= 0.6 is 11.3 Å². The van der Waals surface area contributed by atoms with E-state index in [0.717, 1.165) is 30.5 Å². The van der Waals surface area contributed by atoms with Crippen molar-refractivity contribution in [2.24, 2.45) is 0 Å². The number of benzene rings is 1. The number of oxazole rings is 1. The Morgan fingerprint density at radius 2 is 2.11 bits per heavy atom. The third kappa shape index (κ3) is 3.78. The van der Waals surface area contributed by atoms with Gasteiger partial charge >= 0.3 is 0 Å². The Labute approximate surface area is 160 Å². The molecule has 1 amide bonds. The van der Waals surface area contributed by atoms with Crippen molar-refractivity contribution in [1.29, 1.82) is 0 Å². The standard InChI is InChI=1S/C20H20FN3O2S/c1-13-18(27-12-23-13)20(25)24-9-3-2-4-17(24)19-22-11-16(26-19)10-14-5-7-15(21)8-6-14/h5-8,11-12,17H,2-4,9-10H2,1H3/t17-/m0/s1. The number of halogens is 1. The molecule has 5 nitrogen and oxygen atoms in total. The minimum Gasteiger partial charge on any atom is -0.443 e. The van der Waals surface area contributed by atoms with E-state index in [9.17, 15) is 9.18 Å². The number of carbonyl (C=O) groups is 1. The van der Waals surface area contributed by atoms with E-state index in [0.29, 0.717) is 29.5 Å². The lowest BCUT2D eigenvalue weighted by Crippen LogP contribution is -2.38. The maximum Gasteiger partial charge on any atom is 0.266 e. The maximum atomic E-state index is 13.1. The zero-order chi connectivity index (χ0) is 18.8. The number of amides is 1. The zero-order valence-electron chi connectivity index (χ0n) is 15.0. The molecule has 0 aliphatic carbocycles. The monoisotopic (exact) mass is 385 g/mol. The number of likely N-dealkylation sites (tertiary alicyclic amines) is 1. The van der Waals surface area contributed by atoms with Gasteiger partial charge in [0.25, 0.3) is 5.91 Å². The fourth-order valence-electron chi connectivity index (χ4n) is 3.43. The van der Waals surface area contributed by atoms with Crippen LogP contribution in [0.4, 0.5) is 4.39 Å². The second kappa shape index (κ2) is 7.60. The van der Waals surface area contributed by atoms with Crippen molar-refractivity contribution in [3.63, 3.8) is 0 Å². The van der Waals surface area contributed by atoms with Crippen LogP contribution in [0.25, 0.3) is 0 Å². The van der Waals surface area contributed by atoms with Gasteiger partial charge in [0.1, 0.15) is 22.5 Å². The van der Waals surface area contributed by atoms with Crippen molar-refractivity contribution < 1.29 is 13.6 Å². The molecule has 0 N–H and O–H groups in total. The highest BCUT2D eigenvalue weighted by molar-refractivity contribution is 7.11. The van der Waals surface area contributed by atoms with E-state index in [-0.39, 0.29) is 17.8 Å². The summed E-state index contributed by atoms with van der Waals surface area (Å²) in [5, 5.41) is 0. The zero-order valence-corrected chi connectivity index (χ0v) is 15.8. The van der Waals surface area contributed by atoms with Crippen LogP contribution < -0.4 is 0 Å². The topological polar surface area (TPSA) is 59.2 Å². The number of piperidine rings is 1. The van der Waals surface area contributed by atoms with Crippen molar-refractivity contribution in [2.75, 3.05) is 6.54 Å². The largest absolute Gasteiger partial charge is 0.443 e. The van der Waals surface area contributed by atoms with Gasteiger partial charge < -0.3 is 9.32 Å². The van der Waals surface area contributed by atoms with E-state index in [2.05, 4.69) is 9.97 Å². The van der Waals surface area contributed by atoms with Crippen LogP contribution in [-0.2, 0) is 6.42 Å². The molecule has 1 fully saturated rings. The molecule has 4 rings (SSSR count). The van der Waals surface area contributed by atoms with Gasteiger partial charge in [-0.3, -0.25) is 4.79 Å². The minimum absolute atomic E-state index is 0.00187. The Bertz CT molecular complexity index is 935. The molecule has 3 heterocycles. The van der Waals surface area contributed by atoms with Crippen molar-refractivity contribution in [3.8, 4) is 0 Å². The molecule has 1 saturated heterocycles. The molecule has 1 aromatic carbocycles. The Morgan fingerprint density at radius 1 is 1.30 bits per heavy atom. The number of carbonyl (C=O) groups excluding carboxylic acids is 1. The predicted octanol–water partition coefficient (Wildman–Crippen LogP) is 4.54. The lowest BCUT2D eigenvalue weighted by molar-refractivity contribution is 0.0574. The summed E-state index contributed by atoms with van der Waals surface area (Å²) in [6, 6.07) is 6.19. The first kappa shape index (κ1) is 17.9. The first-order chi connectivity index (χ1) is 13.1. The third-order valence-corrected chi connectivity index (χ3v) is 5.77. The van der Waals surface area contributed by atoms with E-state index in [4.69, 9.17) is 4.42 Å². The lowest BCUT2D eigenvalue weighted by Gasteiger charge is -2.33. The highest BCUT2D eigenvalue weighted by atomic mass is 32.1. The molecule has 0 radical (unpaired) electrons. The average molecular weight is 385 g/mol. The Morgan fingerprint density at radius 3 is 2.85 bits per heavy atom. The summed E-state index contributed by atoms with van der Waals surface area (Å²) < 4.78 is 19.0. The molecule has 140 valence electrons. The van der Waals surface area contributed by atoms with E-state index in [1.165, 1.54) is 23.5 Å². The lowest BCUT2D eigenvalue weighted by atomic mass is 10.0. The smallest absolute Gasteiger partial charge is 0.266 e. The van der Waals surface area contributed by atoms with Crippen molar-refractivity contribution >= 4 is 17.2 Å².